The zero-order valence-electron chi connectivity index (χ0n) is 8.60. The second-order valence-corrected chi connectivity index (χ2v) is 4.23. The van der Waals surface area contributed by atoms with Crippen LogP contribution in [0.25, 0.3) is 0 Å². The molecule has 1 rings (SSSR count). The molecule has 1 nitrogen and oxygen atoms in total. The van der Waals surface area contributed by atoms with Crippen LogP contribution in [0, 0.1) is 16.7 Å². The predicted octanol–water partition coefficient (Wildman–Crippen LogP) is 3.82. The maximum Gasteiger partial charge on any atom is 0.0693 e. The molecule has 0 atom stereocenters. The molecule has 0 heterocycles. The highest BCUT2D eigenvalue weighted by molar-refractivity contribution is 5.09. The molecule has 1 heteroatoms. The average molecular weight is 177 g/mol. The lowest BCUT2D eigenvalue weighted by Crippen LogP contribution is -2.22. The van der Waals surface area contributed by atoms with Gasteiger partial charge in [0.15, 0.2) is 0 Å². The van der Waals surface area contributed by atoms with Crippen LogP contribution in [0.15, 0.2) is 12.2 Å². The molecule has 0 amide bonds. The smallest absolute Gasteiger partial charge is 0.0693 e. The van der Waals surface area contributed by atoms with Gasteiger partial charge in [-0.25, -0.2) is 0 Å². The van der Waals surface area contributed by atoms with Crippen molar-refractivity contribution >= 4 is 0 Å². The van der Waals surface area contributed by atoms with E-state index in [0.29, 0.717) is 0 Å². The molecule has 0 N–H and O–H groups in total. The van der Waals surface area contributed by atoms with Gasteiger partial charge in [-0.3, -0.25) is 0 Å². The molecule has 72 valence electrons. The summed E-state index contributed by atoms with van der Waals surface area (Å²) in [6, 6.07) is 2.52. The fourth-order valence-electron chi connectivity index (χ4n) is 2.16. The van der Waals surface area contributed by atoms with Crippen molar-refractivity contribution in [3.8, 4) is 6.07 Å². The van der Waals surface area contributed by atoms with Crippen LogP contribution in [0.4, 0.5) is 0 Å². The van der Waals surface area contributed by atoms with E-state index in [1.54, 1.807) is 0 Å². The van der Waals surface area contributed by atoms with E-state index < -0.39 is 0 Å². The van der Waals surface area contributed by atoms with Gasteiger partial charge in [-0.05, 0) is 25.7 Å². The van der Waals surface area contributed by atoms with E-state index >= 15 is 0 Å². The fourth-order valence-corrected chi connectivity index (χ4v) is 2.16. The normalized spacial score (nSPS) is 20.6. The summed E-state index contributed by atoms with van der Waals surface area (Å²) in [4.78, 5) is 0. The molecule has 1 aliphatic rings. The first kappa shape index (κ1) is 10.3. The summed E-state index contributed by atoms with van der Waals surface area (Å²) < 4.78 is 0. The fraction of sp³-hybridized carbons (Fsp3) is 0.750. The van der Waals surface area contributed by atoms with Crippen LogP contribution in [0.2, 0.25) is 0 Å². The van der Waals surface area contributed by atoms with Crippen LogP contribution >= 0.6 is 0 Å². The maximum atomic E-state index is 9.19. The maximum absolute atomic E-state index is 9.19. The molecule has 0 aromatic carbocycles. The van der Waals surface area contributed by atoms with Crippen molar-refractivity contribution in [1.82, 2.24) is 0 Å². The summed E-state index contributed by atoms with van der Waals surface area (Å²) in [6.07, 6.45) is 7.88. The molecule has 0 bridgehead atoms. The molecule has 0 spiro atoms. The van der Waals surface area contributed by atoms with Crippen LogP contribution in [0.3, 0.4) is 0 Å². The summed E-state index contributed by atoms with van der Waals surface area (Å²) in [7, 11) is 0. The monoisotopic (exact) mass is 177 g/mol. The van der Waals surface area contributed by atoms with Crippen molar-refractivity contribution in [1.29, 1.82) is 5.26 Å². The van der Waals surface area contributed by atoms with E-state index in [4.69, 9.17) is 0 Å². The quantitative estimate of drug-likeness (QED) is 0.601. The van der Waals surface area contributed by atoms with E-state index in [1.165, 1.54) is 24.8 Å². The van der Waals surface area contributed by atoms with Gasteiger partial charge < -0.3 is 0 Å². The summed E-state index contributed by atoms with van der Waals surface area (Å²) in [5, 5.41) is 9.19. The number of nitriles is 1. The van der Waals surface area contributed by atoms with Gasteiger partial charge in [-0.1, -0.05) is 38.3 Å². The van der Waals surface area contributed by atoms with Crippen molar-refractivity contribution in [2.75, 3.05) is 0 Å². The molecule has 1 saturated carbocycles. The minimum Gasteiger partial charge on any atom is -0.198 e. The van der Waals surface area contributed by atoms with Crippen LogP contribution in [0.1, 0.15) is 51.9 Å². The van der Waals surface area contributed by atoms with Gasteiger partial charge in [0.1, 0.15) is 0 Å². The third kappa shape index (κ3) is 2.59. The van der Waals surface area contributed by atoms with Crippen molar-refractivity contribution in [3.63, 3.8) is 0 Å². The molecule has 0 aromatic rings. The lowest BCUT2D eigenvalue weighted by atomic mass is 9.71. The first-order chi connectivity index (χ1) is 6.22. The molecule has 0 aromatic heterocycles. The zero-order chi connectivity index (χ0) is 9.73. The minimum atomic E-state index is -0.0503. The second-order valence-electron chi connectivity index (χ2n) is 4.23. The number of allylic oxidation sites excluding steroid dienone is 1. The molecule has 0 radical (unpaired) electrons. The molecule has 0 saturated heterocycles. The van der Waals surface area contributed by atoms with E-state index in [-0.39, 0.29) is 5.41 Å². The number of hydrogen-bond acceptors (Lipinski definition) is 1. The zero-order valence-corrected chi connectivity index (χ0v) is 8.60. The standard InChI is InChI=1S/C12H19N/c1-3-11(2)9-12(10-13)7-5-4-6-8-12/h2-9H2,1H3. The Morgan fingerprint density at radius 3 is 2.46 bits per heavy atom. The van der Waals surface area contributed by atoms with Crippen LogP contribution in [-0.4, -0.2) is 0 Å². The summed E-state index contributed by atoms with van der Waals surface area (Å²) in [5.41, 5.74) is 1.19. The lowest BCUT2D eigenvalue weighted by Gasteiger charge is -2.31. The summed E-state index contributed by atoms with van der Waals surface area (Å²) in [6.45, 7) is 6.13. The van der Waals surface area contributed by atoms with E-state index in [9.17, 15) is 5.26 Å². The third-order valence-corrected chi connectivity index (χ3v) is 3.14. The topological polar surface area (TPSA) is 23.8 Å². The first-order valence-corrected chi connectivity index (χ1v) is 5.30. The highest BCUT2D eigenvalue weighted by Crippen LogP contribution is 2.40. The Bertz CT molecular complexity index is 216. The Morgan fingerprint density at radius 2 is 2.00 bits per heavy atom. The molecule has 0 aliphatic heterocycles. The first-order valence-electron chi connectivity index (χ1n) is 5.30. The lowest BCUT2D eigenvalue weighted by molar-refractivity contribution is 0.264. The number of hydrogen-bond donors (Lipinski definition) is 0. The molecule has 1 fully saturated rings. The van der Waals surface area contributed by atoms with Crippen LogP contribution in [-0.2, 0) is 0 Å². The Hall–Kier alpha value is -0.770. The second kappa shape index (κ2) is 4.46. The summed E-state index contributed by atoms with van der Waals surface area (Å²) in [5.74, 6) is 0. The van der Waals surface area contributed by atoms with Crippen LogP contribution in [0.5, 0.6) is 0 Å². The Labute approximate surface area is 81.5 Å². The van der Waals surface area contributed by atoms with Crippen LogP contribution < -0.4 is 0 Å². The Morgan fingerprint density at radius 1 is 1.38 bits per heavy atom. The Balaban J connectivity index is 2.59. The van der Waals surface area contributed by atoms with E-state index in [2.05, 4.69) is 19.6 Å². The van der Waals surface area contributed by atoms with Crippen molar-refractivity contribution in [2.45, 2.75) is 51.9 Å². The summed E-state index contributed by atoms with van der Waals surface area (Å²) >= 11 is 0. The van der Waals surface area contributed by atoms with Crippen molar-refractivity contribution < 1.29 is 0 Å². The van der Waals surface area contributed by atoms with Gasteiger partial charge in [0.25, 0.3) is 0 Å². The predicted molar refractivity (Wildman–Crippen MR) is 55.2 cm³/mol. The van der Waals surface area contributed by atoms with Gasteiger partial charge in [0, 0.05) is 0 Å². The molecular formula is C12H19N. The number of rotatable bonds is 3. The highest BCUT2D eigenvalue weighted by atomic mass is 14.4. The Kier molecular flexibility index (Phi) is 3.54. The third-order valence-electron chi connectivity index (χ3n) is 3.14. The highest BCUT2D eigenvalue weighted by Gasteiger charge is 2.31. The van der Waals surface area contributed by atoms with E-state index in [1.807, 2.05) is 0 Å². The van der Waals surface area contributed by atoms with Gasteiger partial charge in [-0.2, -0.15) is 5.26 Å². The van der Waals surface area contributed by atoms with E-state index in [0.717, 1.165) is 25.7 Å². The molecule has 1 aliphatic carbocycles. The van der Waals surface area contributed by atoms with Crippen molar-refractivity contribution in [2.24, 2.45) is 5.41 Å². The number of nitrogens with zero attached hydrogens (tertiary/aromatic N) is 1. The molecular weight excluding hydrogens is 158 g/mol. The SMILES string of the molecule is C=C(CC)CC1(C#N)CCCCC1. The average Bonchev–Trinajstić information content (AvgIpc) is 2.19. The minimum absolute atomic E-state index is 0.0503. The molecule has 0 unspecified atom stereocenters. The molecule has 13 heavy (non-hydrogen) atoms. The van der Waals surface area contributed by atoms with Crippen molar-refractivity contribution in [3.05, 3.63) is 12.2 Å². The largest absolute Gasteiger partial charge is 0.198 e. The van der Waals surface area contributed by atoms with Gasteiger partial charge >= 0.3 is 0 Å². The van der Waals surface area contributed by atoms with Gasteiger partial charge in [-0.15, -0.1) is 0 Å². The van der Waals surface area contributed by atoms with Gasteiger partial charge in [0.05, 0.1) is 11.5 Å². The van der Waals surface area contributed by atoms with Gasteiger partial charge in [0.2, 0.25) is 0 Å².